The third-order valence-corrected chi connectivity index (χ3v) is 9.32. The lowest BCUT2D eigenvalue weighted by Crippen LogP contribution is -2.55. The molecule has 43 heavy (non-hydrogen) atoms. The van der Waals surface area contributed by atoms with Gasteiger partial charge in [0, 0.05) is 48.6 Å². The van der Waals surface area contributed by atoms with Crippen molar-refractivity contribution in [3.05, 3.63) is 59.1 Å². The maximum Gasteiger partial charge on any atom is 0.318 e. The number of nitrogens with zero attached hydrogens (tertiary/aromatic N) is 6. The fourth-order valence-electron chi connectivity index (χ4n) is 7.14. The summed E-state index contributed by atoms with van der Waals surface area (Å²) in [5.74, 6) is 0.435. The first kappa shape index (κ1) is 33.1. The van der Waals surface area contributed by atoms with Crippen LogP contribution in [-0.2, 0) is 34.4 Å². The van der Waals surface area contributed by atoms with E-state index in [-0.39, 0.29) is 51.2 Å². The zero-order valence-corrected chi connectivity index (χ0v) is 26.6. The van der Waals surface area contributed by atoms with Crippen LogP contribution in [0.4, 0.5) is 10.2 Å². The fraction of sp³-hybridized carbons (Fsp3) is 0.548. The number of likely N-dealkylation sites (N-methyl/N-ethyl adjacent to an activating group) is 1. The Morgan fingerprint density at radius 2 is 2.12 bits per heavy atom. The lowest BCUT2D eigenvalue weighted by Gasteiger charge is -2.44. The van der Waals surface area contributed by atoms with Crippen LogP contribution < -0.4 is 9.64 Å². The topological polar surface area (TPSA) is 94.8 Å². The van der Waals surface area contributed by atoms with Crippen molar-refractivity contribution in [2.24, 2.45) is 0 Å². The van der Waals surface area contributed by atoms with Crippen molar-refractivity contribution in [1.82, 2.24) is 19.8 Å². The summed E-state index contributed by atoms with van der Waals surface area (Å²) in [6, 6.07) is 7.83. The molecule has 0 saturated carbocycles. The van der Waals surface area contributed by atoms with Gasteiger partial charge in [-0.3, -0.25) is 4.79 Å². The summed E-state index contributed by atoms with van der Waals surface area (Å²) in [6.07, 6.45) is 5.65. The molecule has 3 atom stereocenters. The van der Waals surface area contributed by atoms with Crippen LogP contribution in [-0.4, -0.2) is 84.2 Å². The highest BCUT2D eigenvalue weighted by Gasteiger charge is 2.44. The third kappa shape index (κ3) is 6.36. The summed E-state index contributed by atoms with van der Waals surface area (Å²) in [7, 11) is 2.11. The average molecular weight is 629 g/mol. The van der Waals surface area contributed by atoms with E-state index in [0.717, 1.165) is 47.6 Å². The van der Waals surface area contributed by atoms with E-state index in [2.05, 4.69) is 29.5 Å². The van der Waals surface area contributed by atoms with E-state index < -0.39 is 5.41 Å². The molecule has 0 N–H and O–H groups in total. The monoisotopic (exact) mass is 628 g/mol. The molecule has 9 nitrogen and oxygen atoms in total. The molecule has 1 aliphatic carbocycles. The molecule has 0 bridgehead atoms. The van der Waals surface area contributed by atoms with Crippen molar-refractivity contribution in [2.75, 3.05) is 51.3 Å². The van der Waals surface area contributed by atoms with Gasteiger partial charge >= 0.3 is 6.01 Å². The molecule has 1 aromatic carbocycles. The number of rotatable bonds is 6. The van der Waals surface area contributed by atoms with Crippen molar-refractivity contribution in [3.63, 3.8) is 0 Å². The van der Waals surface area contributed by atoms with E-state index in [0.29, 0.717) is 70.8 Å². The van der Waals surface area contributed by atoms with Gasteiger partial charge in [0.1, 0.15) is 18.2 Å². The minimum absolute atomic E-state index is 0. The maximum atomic E-state index is 15.3. The zero-order chi connectivity index (χ0) is 28.6. The second-order valence-corrected chi connectivity index (χ2v) is 11.8. The Morgan fingerprint density at radius 3 is 2.86 bits per heavy atom. The SMILES string of the molecule is C=CC(=O)N1CCN(c2nc(OC[C@@H]3CCCN3C)nc3c2CCC2(COCc4cccc(F)c42)C3)C[C@@H]1CC#N.S.S. The molecule has 4 heterocycles. The highest BCUT2D eigenvalue weighted by molar-refractivity contribution is 7.59. The number of likely N-dealkylation sites (tertiary alicyclic amines) is 1. The first-order valence-corrected chi connectivity index (χ1v) is 14.6. The number of benzene rings is 1. The molecule has 1 amide bonds. The number of amides is 1. The summed E-state index contributed by atoms with van der Waals surface area (Å²) in [4.78, 5) is 28.6. The fourth-order valence-corrected chi connectivity index (χ4v) is 7.14. The van der Waals surface area contributed by atoms with E-state index in [1.165, 1.54) is 6.08 Å². The number of aromatic nitrogens is 2. The molecule has 6 rings (SSSR count). The molecule has 1 spiro atoms. The van der Waals surface area contributed by atoms with Crippen molar-refractivity contribution >= 4 is 38.7 Å². The molecule has 232 valence electrons. The van der Waals surface area contributed by atoms with Gasteiger partial charge in [0.05, 0.1) is 37.4 Å². The zero-order valence-electron chi connectivity index (χ0n) is 24.6. The third-order valence-electron chi connectivity index (χ3n) is 9.32. The van der Waals surface area contributed by atoms with Gasteiger partial charge in [-0.05, 0) is 57.0 Å². The van der Waals surface area contributed by atoms with Crippen LogP contribution in [0.3, 0.4) is 0 Å². The standard InChI is InChI=1S/C31H37FN6O3.2H2S/c1-3-27(39)38-15-14-37(17-22(38)10-12-33)29-24-9-11-31(20-40-18-21-6-4-8-25(32)28(21)31)16-26(24)34-30(35-29)41-19-23-7-5-13-36(23)2;;/h3-4,6,8,22-23H,1,5,7,9-11,13-20H2,2H3;2*1H2/t22-,23-,31?;;/m0../s1. The molecule has 4 aliphatic rings. The quantitative estimate of drug-likeness (QED) is 0.450. The summed E-state index contributed by atoms with van der Waals surface area (Å²) in [5.41, 5.74) is 3.04. The molecule has 12 heteroatoms. The first-order valence-electron chi connectivity index (χ1n) is 14.6. The molecule has 1 unspecified atom stereocenters. The van der Waals surface area contributed by atoms with Crippen molar-refractivity contribution in [2.45, 2.75) is 62.6 Å². The highest BCUT2D eigenvalue weighted by Crippen LogP contribution is 2.45. The number of hydrogen-bond acceptors (Lipinski definition) is 8. The number of halogens is 1. The Bertz CT molecular complexity index is 1390. The van der Waals surface area contributed by atoms with Gasteiger partial charge in [0.15, 0.2) is 0 Å². The molecular weight excluding hydrogens is 588 g/mol. The van der Waals surface area contributed by atoms with Crippen molar-refractivity contribution in [1.29, 1.82) is 5.26 Å². The largest absolute Gasteiger partial charge is 0.462 e. The summed E-state index contributed by atoms with van der Waals surface area (Å²) in [6.45, 7) is 7.55. The number of carbonyl (C=O) groups is 1. The lowest BCUT2D eigenvalue weighted by molar-refractivity contribution is -0.128. The number of ether oxygens (including phenoxy) is 2. The van der Waals surface area contributed by atoms with Crippen molar-refractivity contribution in [3.8, 4) is 12.1 Å². The van der Waals surface area contributed by atoms with Gasteiger partial charge in [-0.25, -0.2) is 4.39 Å². The van der Waals surface area contributed by atoms with Crippen LogP contribution in [0.1, 0.15) is 48.1 Å². The van der Waals surface area contributed by atoms with E-state index in [9.17, 15) is 10.1 Å². The van der Waals surface area contributed by atoms with Gasteiger partial charge in [-0.1, -0.05) is 18.7 Å². The van der Waals surface area contributed by atoms with Gasteiger partial charge < -0.3 is 24.2 Å². The summed E-state index contributed by atoms with van der Waals surface area (Å²) in [5, 5.41) is 9.50. The average Bonchev–Trinajstić information content (AvgIpc) is 3.39. The smallest absolute Gasteiger partial charge is 0.318 e. The Hall–Kier alpha value is -2.85. The van der Waals surface area contributed by atoms with Crippen LogP contribution in [0.15, 0.2) is 30.9 Å². The van der Waals surface area contributed by atoms with E-state index in [1.807, 2.05) is 6.07 Å². The van der Waals surface area contributed by atoms with Gasteiger partial charge in [-0.15, -0.1) is 0 Å². The minimum Gasteiger partial charge on any atom is -0.462 e. The van der Waals surface area contributed by atoms with Gasteiger partial charge in [0.2, 0.25) is 5.91 Å². The molecule has 2 aromatic rings. The predicted molar refractivity (Wildman–Crippen MR) is 172 cm³/mol. The number of fused-ring (bicyclic) bond motifs is 3. The molecule has 3 aliphatic heterocycles. The maximum absolute atomic E-state index is 15.3. The molecule has 0 radical (unpaired) electrons. The number of anilines is 1. The Labute approximate surface area is 266 Å². The second kappa shape index (κ2) is 13.8. The lowest BCUT2D eigenvalue weighted by atomic mass is 9.67. The van der Waals surface area contributed by atoms with Crippen LogP contribution in [0.2, 0.25) is 0 Å². The minimum atomic E-state index is -0.501. The van der Waals surface area contributed by atoms with Crippen LogP contribution in [0.25, 0.3) is 0 Å². The number of piperazine rings is 1. The Morgan fingerprint density at radius 1 is 1.28 bits per heavy atom. The highest BCUT2D eigenvalue weighted by atomic mass is 32.1. The second-order valence-electron chi connectivity index (χ2n) is 11.8. The van der Waals surface area contributed by atoms with E-state index >= 15 is 4.39 Å². The number of carbonyl (C=O) groups excluding carboxylic acids is 1. The van der Waals surface area contributed by atoms with E-state index in [4.69, 9.17) is 19.4 Å². The first-order chi connectivity index (χ1) is 19.9. The van der Waals surface area contributed by atoms with Gasteiger partial charge in [0.25, 0.3) is 0 Å². The Kier molecular flexibility index (Phi) is 10.6. The van der Waals surface area contributed by atoms with Gasteiger partial charge in [-0.2, -0.15) is 42.2 Å². The Balaban J connectivity index is 0.00000212. The number of nitriles is 1. The molecule has 2 saturated heterocycles. The normalized spacial score (nSPS) is 24.7. The summed E-state index contributed by atoms with van der Waals surface area (Å²) < 4.78 is 27.6. The van der Waals surface area contributed by atoms with Crippen molar-refractivity contribution < 1.29 is 18.7 Å². The van der Waals surface area contributed by atoms with E-state index in [1.54, 1.807) is 17.0 Å². The molecule has 1 aromatic heterocycles. The predicted octanol–water partition coefficient (Wildman–Crippen LogP) is 3.39. The van der Waals surface area contributed by atoms with Crippen LogP contribution >= 0.6 is 27.0 Å². The van der Waals surface area contributed by atoms with Crippen LogP contribution in [0, 0.1) is 17.1 Å². The molecule has 2 fully saturated rings. The number of hydrogen-bond donors (Lipinski definition) is 0. The van der Waals surface area contributed by atoms with Crippen LogP contribution in [0.5, 0.6) is 6.01 Å². The summed E-state index contributed by atoms with van der Waals surface area (Å²) >= 11 is 0. The molecular formula is C31H41FN6O3S2.